The number of ether oxygens (including phenoxy) is 2. The molecule has 8 heteroatoms. The first-order chi connectivity index (χ1) is 11.8. The third-order valence-electron chi connectivity index (χ3n) is 4.86. The first-order valence-electron chi connectivity index (χ1n) is 9.19. The van der Waals surface area contributed by atoms with Gasteiger partial charge in [-0.3, -0.25) is 0 Å². The first-order valence-corrected chi connectivity index (χ1v) is 9.19. The first kappa shape index (κ1) is 23.5. The van der Waals surface area contributed by atoms with Crippen LogP contribution in [0.2, 0.25) is 0 Å². The van der Waals surface area contributed by atoms with Gasteiger partial charge in [0.1, 0.15) is 0 Å². The lowest BCUT2D eigenvalue weighted by Gasteiger charge is -2.45. The van der Waals surface area contributed by atoms with E-state index in [2.05, 4.69) is 25.5 Å². The van der Waals surface area contributed by atoms with Gasteiger partial charge in [-0.25, -0.2) is 0 Å². The van der Waals surface area contributed by atoms with Crippen LogP contribution in [-0.2, 0) is 9.47 Å². The Morgan fingerprint density at radius 1 is 0.885 bits per heavy atom. The molecule has 2 fully saturated rings. The minimum absolute atomic E-state index is 0.0241. The van der Waals surface area contributed by atoms with Crippen LogP contribution in [0.25, 0.3) is 0 Å². The smallest absolute Gasteiger partial charge is 0.353 e. The van der Waals surface area contributed by atoms with Crippen molar-refractivity contribution in [3.63, 3.8) is 0 Å². The van der Waals surface area contributed by atoms with E-state index in [1.165, 1.54) is 6.92 Å². The van der Waals surface area contributed by atoms with Gasteiger partial charge < -0.3 is 9.47 Å². The molecule has 2 bridgehead atoms. The van der Waals surface area contributed by atoms with Crippen LogP contribution < -0.4 is 0 Å². The Balaban J connectivity index is 0.000000765. The third kappa shape index (κ3) is 5.06. The summed E-state index contributed by atoms with van der Waals surface area (Å²) in [5.41, 5.74) is -4.14. The maximum atomic E-state index is 13.5. The summed E-state index contributed by atoms with van der Waals surface area (Å²) in [6.07, 6.45) is -11.2. The van der Waals surface area contributed by atoms with Crippen LogP contribution in [0.1, 0.15) is 60.3 Å². The maximum Gasteiger partial charge on any atom is 0.426 e. The summed E-state index contributed by atoms with van der Waals surface area (Å²) < 4.78 is 90.7. The van der Waals surface area contributed by atoms with Crippen molar-refractivity contribution in [2.45, 2.75) is 84.5 Å². The molecule has 4 atom stereocenters. The third-order valence-corrected chi connectivity index (χ3v) is 4.86. The van der Waals surface area contributed by atoms with Crippen LogP contribution in [0, 0.1) is 23.7 Å². The molecule has 0 amide bonds. The van der Waals surface area contributed by atoms with E-state index in [9.17, 15) is 26.3 Å². The largest absolute Gasteiger partial charge is 0.426 e. The molecule has 2 saturated carbocycles. The molecule has 156 valence electrons. The Labute approximate surface area is 151 Å². The van der Waals surface area contributed by atoms with Gasteiger partial charge in [0.2, 0.25) is 0 Å². The minimum Gasteiger partial charge on any atom is -0.353 e. The summed E-state index contributed by atoms with van der Waals surface area (Å²) in [7, 11) is 0. The molecule has 2 nitrogen and oxygen atoms in total. The minimum atomic E-state index is -5.54. The maximum absolute atomic E-state index is 13.5. The van der Waals surface area contributed by atoms with Crippen molar-refractivity contribution in [2.75, 3.05) is 6.61 Å². The molecule has 0 aromatic rings. The molecule has 2 aliphatic rings. The van der Waals surface area contributed by atoms with Crippen LogP contribution in [-0.4, -0.2) is 30.9 Å². The predicted octanol–water partition coefficient (Wildman–Crippen LogP) is 6.35. The number of hydrogen-bond donors (Lipinski definition) is 0. The average molecular weight is 392 g/mol. The average Bonchev–Trinajstić information content (AvgIpc) is 3.04. The number of hydrogen-bond acceptors (Lipinski definition) is 2. The van der Waals surface area contributed by atoms with E-state index in [1.54, 1.807) is 0 Å². The number of rotatable bonds is 5. The molecular weight excluding hydrogens is 362 g/mol. The van der Waals surface area contributed by atoms with E-state index in [1.807, 2.05) is 0 Å². The quantitative estimate of drug-likeness (QED) is 0.401. The van der Waals surface area contributed by atoms with E-state index < -0.39 is 36.1 Å². The topological polar surface area (TPSA) is 18.5 Å². The standard InChI is InChI=1S/C14H20F6O2.C4H10/c1-3-21-8(2)22-12(13(15,16)17,14(18,19)20)11-7-9-4-5-10(11)6-9;1-4(2)3/h8-11H,3-7H2,1-2H3;4H,1-3H3. The van der Waals surface area contributed by atoms with Crippen molar-refractivity contribution in [1.29, 1.82) is 0 Å². The second kappa shape index (κ2) is 8.67. The van der Waals surface area contributed by atoms with Gasteiger partial charge in [-0.05, 0) is 50.9 Å². The van der Waals surface area contributed by atoms with E-state index >= 15 is 0 Å². The SMILES string of the molecule is CC(C)C.CCOC(C)OC(C1CC2CCC1C2)(C(F)(F)F)C(F)(F)F. The molecule has 0 spiro atoms. The van der Waals surface area contributed by atoms with Crippen LogP contribution in [0.4, 0.5) is 26.3 Å². The summed E-state index contributed by atoms with van der Waals surface area (Å²) in [6, 6.07) is 0. The molecular formula is C18H30F6O2. The van der Waals surface area contributed by atoms with Gasteiger partial charge in [-0.2, -0.15) is 26.3 Å². The van der Waals surface area contributed by atoms with Gasteiger partial charge in [0, 0.05) is 12.5 Å². The van der Waals surface area contributed by atoms with E-state index in [0.717, 1.165) is 12.8 Å². The Bertz CT molecular complexity index is 416. The summed E-state index contributed by atoms with van der Waals surface area (Å²) in [4.78, 5) is 0. The summed E-state index contributed by atoms with van der Waals surface area (Å²) in [6.45, 7) is 9.03. The number of fused-ring (bicyclic) bond motifs is 2. The lowest BCUT2D eigenvalue weighted by Crippen LogP contribution is -2.65. The highest BCUT2D eigenvalue weighted by molar-refractivity contribution is 5.08. The molecule has 0 aliphatic heterocycles. The Hall–Kier alpha value is -0.500. The molecule has 4 unspecified atom stereocenters. The zero-order valence-electron chi connectivity index (χ0n) is 16.0. The van der Waals surface area contributed by atoms with Crippen molar-refractivity contribution in [1.82, 2.24) is 0 Å². The molecule has 0 saturated heterocycles. The summed E-state index contributed by atoms with van der Waals surface area (Å²) in [5.74, 6) is -1.42. The van der Waals surface area contributed by atoms with Crippen molar-refractivity contribution < 1.29 is 35.8 Å². The second-order valence-electron chi connectivity index (χ2n) is 7.89. The summed E-state index contributed by atoms with van der Waals surface area (Å²) in [5, 5.41) is 0. The van der Waals surface area contributed by atoms with Gasteiger partial charge in [-0.15, -0.1) is 0 Å². The lowest BCUT2D eigenvalue weighted by atomic mass is 9.75. The molecule has 0 N–H and O–H groups in total. The molecule has 0 heterocycles. The highest BCUT2D eigenvalue weighted by Crippen LogP contribution is 2.61. The Kier molecular flexibility index (Phi) is 7.85. The Morgan fingerprint density at radius 2 is 1.38 bits per heavy atom. The van der Waals surface area contributed by atoms with Crippen molar-refractivity contribution in [2.24, 2.45) is 23.7 Å². The molecule has 2 rings (SSSR count). The molecule has 2 aliphatic carbocycles. The molecule has 26 heavy (non-hydrogen) atoms. The van der Waals surface area contributed by atoms with E-state index in [0.29, 0.717) is 19.3 Å². The monoisotopic (exact) mass is 392 g/mol. The fourth-order valence-corrected chi connectivity index (χ4v) is 4.08. The molecule has 0 aromatic heterocycles. The normalized spacial score (nSPS) is 27.5. The van der Waals surface area contributed by atoms with Crippen LogP contribution in [0.15, 0.2) is 0 Å². The molecule has 0 aromatic carbocycles. The Morgan fingerprint density at radius 3 is 1.69 bits per heavy atom. The fraction of sp³-hybridized carbons (Fsp3) is 1.00. The lowest BCUT2D eigenvalue weighted by molar-refractivity contribution is -0.425. The zero-order valence-corrected chi connectivity index (χ0v) is 16.0. The van der Waals surface area contributed by atoms with Crippen molar-refractivity contribution in [3.05, 3.63) is 0 Å². The number of halogens is 6. The predicted molar refractivity (Wildman–Crippen MR) is 86.5 cm³/mol. The van der Waals surface area contributed by atoms with Crippen molar-refractivity contribution in [3.8, 4) is 0 Å². The summed E-state index contributed by atoms with van der Waals surface area (Å²) >= 11 is 0. The molecule has 0 radical (unpaired) electrons. The van der Waals surface area contributed by atoms with Crippen LogP contribution in [0.5, 0.6) is 0 Å². The van der Waals surface area contributed by atoms with Gasteiger partial charge in [0.15, 0.2) is 6.29 Å². The van der Waals surface area contributed by atoms with Gasteiger partial charge in [-0.1, -0.05) is 27.2 Å². The second-order valence-corrected chi connectivity index (χ2v) is 7.89. The van der Waals surface area contributed by atoms with Crippen LogP contribution >= 0.6 is 0 Å². The van der Waals surface area contributed by atoms with E-state index in [4.69, 9.17) is 4.74 Å². The van der Waals surface area contributed by atoms with Crippen LogP contribution in [0.3, 0.4) is 0 Å². The van der Waals surface area contributed by atoms with Gasteiger partial charge in [0.05, 0.1) is 0 Å². The van der Waals surface area contributed by atoms with Gasteiger partial charge in [0.25, 0.3) is 5.60 Å². The fourth-order valence-electron chi connectivity index (χ4n) is 4.08. The van der Waals surface area contributed by atoms with Gasteiger partial charge >= 0.3 is 12.4 Å². The highest BCUT2D eigenvalue weighted by atomic mass is 19.4. The zero-order chi connectivity index (χ0) is 20.3. The van der Waals surface area contributed by atoms with E-state index in [-0.39, 0.29) is 18.9 Å². The van der Waals surface area contributed by atoms with Crippen molar-refractivity contribution >= 4 is 0 Å². The highest BCUT2D eigenvalue weighted by Gasteiger charge is 2.78. The number of alkyl halides is 6.